The summed E-state index contributed by atoms with van der Waals surface area (Å²) in [4.78, 5) is 0. The Hall–Kier alpha value is -3.98. The Morgan fingerprint density at radius 2 is 1.29 bits per heavy atom. The van der Waals surface area contributed by atoms with Crippen molar-refractivity contribution >= 4 is 0 Å². The second-order valence-electron chi connectivity index (χ2n) is 10.5. The van der Waals surface area contributed by atoms with Crippen molar-refractivity contribution in [1.29, 1.82) is 0 Å². The molecule has 0 N–H and O–H groups in total. The zero-order chi connectivity index (χ0) is 25.7. The highest BCUT2D eigenvalue weighted by Gasteiger charge is 2.39. The predicted octanol–water partition coefficient (Wildman–Crippen LogP) is 8.64. The Bertz CT molecular complexity index is 1390. The van der Waals surface area contributed by atoms with Gasteiger partial charge in [0.1, 0.15) is 36.2 Å². The molecule has 3 nitrogen and oxygen atoms in total. The van der Waals surface area contributed by atoms with Gasteiger partial charge >= 0.3 is 0 Å². The SMILES string of the molecule is CC(Cc1ccc(OCc2ccccc2)cc1)=C1Oc2ccc(OCc3ccccc3)cc2C2CCCC12. The van der Waals surface area contributed by atoms with Crippen molar-refractivity contribution in [2.45, 2.75) is 51.7 Å². The summed E-state index contributed by atoms with van der Waals surface area (Å²) in [6, 6.07) is 35.4. The summed E-state index contributed by atoms with van der Waals surface area (Å²) in [5, 5.41) is 0. The molecular weight excluding hydrogens is 468 g/mol. The van der Waals surface area contributed by atoms with Crippen molar-refractivity contribution in [2.24, 2.45) is 5.92 Å². The van der Waals surface area contributed by atoms with Crippen molar-refractivity contribution in [1.82, 2.24) is 0 Å². The third kappa shape index (κ3) is 5.47. The first-order valence-electron chi connectivity index (χ1n) is 13.7. The van der Waals surface area contributed by atoms with Gasteiger partial charge in [0.05, 0.1) is 0 Å². The largest absolute Gasteiger partial charge is 0.489 e. The molecule has 2 unspecified atom stereocenters. The minimum Gasteiger partial charge on any atom is -0.489 e. The van der Waals surface area contributed by atoms with E-state index in [1.54, 1.807) is 0 Å². The number of ether oxygens (including phenoxy) is 3. The van der Waals surface area contributed by atoms with Gasteiger partial charge in [-0.15, -0.1) is 0 Å². The van der Waals surface area contributed by atoms with Gasteiger partial charge < -0.3 is 14.2 Å². The molecule has 4 aromatic rings. The highest BCUT2D eigenvalue weighted by Crippen LogP contribution is 2.52. The molecule has 6 rings (SSSR count). The van der Waals surface area contributed by atoms with Gasteiger partial charge in [-0.25, -0.2) is 0 Å². The van der Waals surface area contributed by atoms with E-state index in [0.717, 1.165) is 23.7 Å². The average Bonchev–Trinajstić information content (AvgIpc) is 3.47. The van der Waals surface area contributed by atoms with E-state index in [0.29, 0.717) is 25.0 Å². The highest BCUT2D eigenvalue weighted by molar-refractivity contribution is 5.48. The van der Waals surface area contributed by atoms with E-state index in [1.807, 2.05) is 42.5 Å². The first kappa shape index (κ1) is 24.4. The summed E-state index contributed by atoms with van der Waals surface area (Å²) < 4.78 is 18.7. The van der Waals surface area contributed by atoms with Crippen molar-refractivity contribution in [3.8, 4) is 17.2 Å². The van der Waals surface area contributed by atoms with Crippen LogP contribution in [0.3, 0.4) is 0 Å². The lowest BCUT2D eigenvalue weighted by atomic mass is 9.83. The van der Waals surface area contributed by atoms with Crippen LogP contribution in [0.15, 0.2) is 114 Å². The molecule has 1 aliphatic heterocycles. The zero-order valence-electron chi connectivity index (χ0n) is 21.9. The number of benzene rings is 4. The Labute approximate surface area is 225 Å². The molecule has 3 heteroatoms. The maximum atomic E-state index is 6.61. The summed E-state index contributed by atoms with van der Waals surface area (Å²) in [5.74, 6) is 4.91. The number of hydrogen-bond donors (Lipinski definition) is 0. The monoisotopic (exact) mass is 502 g/mol. The fourth-order valence-electron chi connectivity index (χ4n) is 5.82. The molecule has 0 bridgehead atoms. The predicted molar refractivity (Wildman–Crippen MR) is 152 cm³/mol. The van der Waals surface area contributed by atoms with Crippen molar-refractivity contribution < 1.29 is 14.2 Å². The zero-order valence-corrected chi connectivity index (χ0v) is 21.9. The lowest BCUT2D eigenvalue weighted by Gasteiger charge is -2.32. The van der Waals surface area contributed by atoms with Crippen LogP contribution in [0.5, 0.6) is 17.2 Å². The number of allylic oxidation sites excluding steroid dienone is 2. The second-order valence-corrected chi connectivity index (χ2v) is 10.5. The Morgan fingerprint density at radius 1 is 0.684 bits per heavy atom. The van der Waals surface area contributed by atoms with Crippen LogP contribution in [0.25, 0.3) is 0 Å². The van der Waals surface area contributed by atoms with Crippen LogP contribution in [-0.2, 0) is 19.6 Å². The Morgan fingerprint density at radius 3 is 1.97 bits per heavy atom. The van der Waals surface area contributed by atoms with Crippen LogP contribution < -0.4 is 14.2 Å². The van der Waals surface area contributed by atoms with E-state index in [4.69, 9.17) is 14.2 Å². The summed E-state index contributed by atoms with van der Waals surface area (Å²) in [6.45, 7) is 3.39. The van der Waals surface area contributed by atoms with E-state index in [9.17, 15) is 0 Å². The molecule has 0 spiro atoms. The highest BCUT2D eigenvalue weighted by atomic mass is 16.5. The lowest BCUT2D eigenvalue weighted by Crippen LogP contribution is -2.22. The minimum atomic E-state index is 0.445. The van der Waals surface area contributed by atoms with Crippen LogP contribution in [-0.4, -0.2) is 0 Å². The third-order valence-corrected chi connectivity index (χ3v) is 7.76. The molecule has 1 aliphatic carbocycles. The van der Waals surface area contributed by atoms with Gasteiger partial charge in [-0.1, -0.05) is 79.2 Å². The summed E-state index contributed by atoms with van der Waals surface area (Å²) in [6.07, 6.45) is 4.49. The van der Waals surface area contributed by atoms with E-state index in [-0.39, 0.29) is 0 Å². The topological polar surface area (TPSA) is 27.7 Å². The standard InChI is InChI=1S/C35H34O3/c1-25(21-26-15-17-29(18-16-26)36-23-27-9-4-2-5-10-27)35-32-14-8-13-31(32)33-22-30(19-20-34(33)38-35)37-24-28-11-6-3-7-12-28/h2-7,9-12,15-20,22,31-32H,8,13-14,21,23-24H2,1H3. The molecular formula is C35H34O3. The van der Waals surface area contributed by atoms with Gasteiger partial charge in [0.15, 0.2) is 0 Å². The fourth-order valence-corrected chi connectivity index (χ4v) is 5.82. The molecule has 38 heavy (non-hydrogen) atoms. The number of rotatable bonds is 8. The van der Waals surface area contributed by atoms with Gasteiger partial charge in [0.25, 0.3) is 0 Å². The van der Waals surface area contributed by atoms with Crippen molar-refractivity contribution in [3.05, 3.63) is 137 Å². The maximum Gasteiger partial charge on any atom is 0.130 e. The fraction of sp³-hybridized carbons (Fsp3) is 0.257. The van der Waals surface area contributed by atoms with E-state index >= 15 is 0 Å². The molecule has 0 aromatic heterocycles. The molecule has 0 radical (unpaired) electrons. The third-order valence-electron chi connectivity index (χ3n) is 7.76. The van der Waals surface area contributed by atoms with Gasteiger partial charge in [0.2, 0.25) is 0 Å². The molecule has 4 aromatic carbocycles. The average molecular weight is 503 g/mol. The second kappa shape index (κ2) is 11.2. The van der Waals surface area contributed by atoms with Crippen LogP contribution in [0, 0.1) is 5.92 Å². The van der Waals surface area contributed by atoms with Crippen LogP contribution >= 0.6 is 0 Å². The number of hydrogen-bond acceptors (Lipinski definition) is 3. The van der Waals surface area contributed by atoms with Gasteiger partial charge in [-0.05, 0) is 84.7 Å². The Balaban J connectivity index is 1.14. The van der Waals surface area contributed by atoms with Crippen LogP contribution in [0.4, 0.5) is 0 Å². The molecule has 2 atom stereocenters. The van der Waals surface area contributed by atoms with Crippen molar-refractivity contribution in [2.75, 3.05) is 0 Å². The summed E-state index contributed by atoms with van der Waals surface area (Å²) in [7, 11) is 0. The molecule has 1 saturated carbocycles. The maximum absolute atomic E-state index is 6.61. The minimum absolute atomic E-state index is 0.445. The van der Waals surface area contributed by atoms with Crippen molar-refractivity contribution in [3.63, 3.8) is 0 Å². The normalized spacial score (nSPS) is 19.2. The van der Waals surface area contributed by atoms with E-state index in [1.165, 1.54) is 52.8 Å². The van der Waals surface area contributed by atoms with Crippen LogP contribution in [0.1, 0.15) is 54.4 Å². The first-order chi connectivity index (χ1) is 18.7. The first-order valence-corrected chi connectivity index (χ1v) is 13.7. The van der Waals surface area contributed by atoms with Crippen LogP contribution in [0.2, 0.25) is 0 Å². The Kier molecular flexibility index (Phi) is 7.17. The molecule has 1 heterocycles. The quantitative estimate of drug-likeness (QED) is 0.241. The summed E-state index contributed by atoms with van der Waals surface area (Å²) in [5.41, 5.74) is 6.24. The van der Waals surface area contributed by atoms with Gasteiger partial charge in [0, 0.05) is 11.5 Å². The molecule has 0 amide bonds. The van der Waals surface area contributed by atoms with Gasteiger partial charge in [-0.2, -0.15) is 0 Å². The molecule has 0 saturated heterocycles. The van der Waals surface area contributed by atoms with E-state index in [2.05, 4.69) is 67.6 Å². The number of fused-ring (bicyclic) bond motifs is 3. The molecule has 192 valence electrons. The lowest BCUT2D eigenvalue weighted by molar-refractivity contribution is 0.283. The smallest absolute Gasteiger partial charge is 0.130 e. The molecule has 1 fully saturated rings. The summed E-state index contributed by atoms with van der Waals surface area (Å²) >= 11 is 0. The molecule has 2 aliphatic rings. The van der Waals surface area contributed by atoms with E-state index < -0.39 is 0 Å². The van der Waals surface area contributed by atoms with Gasteiger partial charge in [-0.3, -0.25) is 0 Å².